The van der Waals surface area contributed by atoms with Gasteiger partial charge in [0, 0.05) is 13.1 Å². The number of carbonyl (C=O) groups is 1. The van der Waals surface area contributed by atoms with Gasteiger partial charge in [-0.15, -0.1) is 0 Å². The standard InChI is InChI=1S/C16H32N2O/c1-4-13-5-7-14(8-6-13)11-18-16(19)15(10-17)9-12(2)3/h12-15H,4-11,17H2,1-3H3,(H,18,19). The Labute approximate surface area is 118 Å². The van der Waals surface area contributed by atoms with Gasteiger partial charge in [0.15, 0.2) is 0 Å². The van der Waals surface area contributed by atoms with Crippen molar-refractivity contribution in [3.63, 3.8) is 0 Å². The maximum absolute atomic E-state index is 12.1. The summed E-state index contributed by atoms with van der Waals surface area (Å²) in [7, 11) is 0. The maximum Gasteiger partial charge on any atom is 0.224 e. The van der Waals surface area contributed by atoms with Gasteiger partial charge >= 0.3 is 0 Å². The molecule has 0 aromatic carbocycles. The Morgan fingerprint density at radius 1 is 1.21 bits per heavy atom. The van der Waals surface area contributed by atoms with E-state index in [4.69, 9.17) is 5.73 Å². The van der Waals surface area contributed by atoms with Crippen molar-refractivity contribution in [1.82, 2.24) is 5.32 Å². The molecular formula is C16H32N2O. The van der Waals surface area contributed by atoms with Crippen molar-refractivity contribution in [2.45, 2.75) is 59.3 Å². The highest BCUT2D eigenvalue weighted by molar-refractivity contribution is 5.78. The molecule has 0 aliphatic heterocycles. The van der Waals surface area contributed by atoms with Crippen molar-refractivity contribution in [3.05, 3.63) is 0 Å². The monoisotopic (exact) mass is 268 g/mol. The van der Waals surface area contributed by atoms with Gasteiger partial charge in [0.2, 0.25) is 5.91 Å². The summed E-state index contributed by atoms with van der Waals surface area (Å²) < 4.78 is 0. The molecule has 0 aromatic rings. The van der Waals surface area contributed by atoms with Crippen LogP contribution in [0.15, 0.2) is 0 Å². The van der Waals surface area contributed by atoms with Crippen molar-refractivity contribution in [1.29, 1.82) is 0 Å². The molecule has 112 valence electrons. The number of hydrogen-bond donors (Lipinski definition) is 2. The van der Waals surface area contributed by atoms with Gasteiger partial charge in [-0.1, -0.05) is 40.0 Å². The molecule has 3 heteroatoms. The molecule has 0 saturated heterocycles. The van der Waals surface area contributed by atoms with E-state index in [2.05, 4.69) is 26.1 Å². The summed E-state index contributed by atoms with van der Waals surface area (Å²) in [6, 6.07) is 0. The van der Waals surface area contributed by atoms with Gasteiger partial charge in [0.05, 0.1) is 5.92 Å². The van der Waals surface area contributed by atoms with Crippen LogP contribution in [0, 0.1) is 23.7 Å². The third-order valence-electron chi connectivity index (χ3n) is 4.52. The smallest absolute Gasteiger partial charge is 0.224 e. The van der Waals surface area contributed by atoms with Crippen LogP contribution in [0.4, 0.5) is 0 Å². The molecule has 1 amide bonds. The van der Waals surface area contributed by atoms with Crippen molar-refractivity contribution >= 4 is 5.91 Å². The van der Waals surface area contributed by atoms with Gasteiger partial charge in [-0.3, -0.25) is 4.79 Å². The molecule has 3 N–H and O–H groups in total. The van der Waals surface area contributed by atoms with E-state index in [0.717, 1.165) is 18.9 Å². The molecule has 0 heterocycles. The van der Waals surface area contributed by atoms with E-state index in [-0.39, 0.29) is 11.8 Å². The highest BCUT2D eigenvalue weighted by Gasteiger charge is 2.22. The number of nitrogens with two attached hydrogens (primary N) is 1. The molecule has 1 unspecified atom stereocenters. The zero-order chi connectivity index (χ0) is 14.3. The molecule has 0 aromatic heterocycles. The van der Waals surface area contributed by atoms with Crippen LogP contribution in [-0.4, -0.2) is 19.0 Å². The molecule has 0 radical (unpaired) electrons. The normalized spacial score (nSPS) is 25.3. The molecule has 0 bridgehead atoms. The first-order chi connectivity index (χ1) is 9.06. The van der Waals surface area contributed by atoms with Gasteiger partial charge in [-0.25, -0.2) is 0 Å². The Hall–Kier alpha value is -0.570. The van der Waals surface area contributed by atoms with Gasteiger partial charge in [0.25, 0.3) is 0 Å². The Morgan fingerprint density at radius 2 is 1.79 bits per heavy atom. The molecule has 1 fully saturated rings. The molecule has 3 nitrogen and oxygen atoms in total. The fourth-order valence-corrected chi connectivity index (χ4v) is 3.11. The van der Waals surface area contributed by atoms with Gasteiger partial charge in [0.1, 0.15) is 0 Å². The number of hydrogen-bond acceptors (Lipinski definition) is 2. The lowest BCUT2D eigenvalue weighted by atomic mass is 9.81. The Kier molecular flexibility index (Phi) is 7.44. The lowest BCUT2D eigenvalue weighted by molar-refractivity contribution is -0.125. The Balaban J connectivity index is 2.26. The van der Waals surface area contributed by atoms with Crippen LogP contribution in [0.5, 0.6) is 0 Å². The summed E-state index contributed by atoms with van der Waals surface area (Å²) in [5.41, 5.74) is 5.71. The van der Waals surface area contributed by atoms with Crippen LogP contribution < -0.4 is 11.1 Å². The topological polar surface area (TPSA) is 55.1 Å². The highest BCUT2D eigenvalue weighted by Crippen LogP contribution is 2.30. The van der Waals surface area contributed by atoms with Crippen molar-refractivity contribution in [2.75, 3.05) is 13.1 Å². The summed E-state index contributed by atoms with van der Waals surface area (Å²) in [5, 5.41) is 3.12. The summed E-state index contributed by atoms with van der Waals surface area (Å²) in [5.74, 6) is 2.29. The molecule has 1 rings (SSSR count). The minimum atomic E-state index is -0.00743. The molecule has 1 aliphatic rings. The minimum Gasteiger partial charge on any atom is -0.356 e. The summed E-state index contributed by atoms with van der Waals surface area (Å²) >= 11 is 0. The quantitative estimate of drug-likeness (QED) is 0.746. The number of amides is 1. The van der Waals surface area contributed by atoms with E-state index < -0.39 is 0 Å². The first-order valence-corrected chi connectivity index (χ1v) is 8.04. The SMILES string of the molecule is CCC1CCC(CNC(=O)C(CN)CC(C)C)CC1. The average molecular weight is 268 g/mol. The van der Waals surface area contributed by atoms with Crippen LogP contribution in [0.1, 0.15) is 59.3 Å². The van der Waals surface area contributed by atoms with E-state index in [1.54, 1.807) is 0 Å². The Morgan fingerprint density at radius 3 is 2.26 bits per heavy atom. The summed E-state index contributed by atoms with van der Waals surface area (Å²) in [6.07, 6.45) is 7.42. The third-order valence-corrected chi connectivity index (χ3v) is 4.52. The zero-order valence-corrected chi connectivity index (χ0v) is 13.0. The zero-order valence-electron chi connectivity index (χ0n) is 13.0. The lowest BCUT2D eigenvalue weighted by Gasteiger charge is -2.28. The van der Waals surface area contributed by atoms with Crippen molar-refractivity contribution < 1.29 is 4.79 Å². The second kappa shape index (κ2) is 8.57. The highest BCUT2D eigenvalue weighted by atomic mass is 16.1. The van der Waals surface area contributed by atoms with Gasteiger partial charge in [-0.2, -0.15) is 0 Å². The van der Waals surface area contributed by atoms with Crippen LogP contribution in [0.2, 0.25) is 0 Å². The van der Waals surface area contributed by atoms with E-state index in [9.17, 15) is 4.79 Å². The fourth-order valence-electron chi connectivity index (χ4n) is 3.11. The molecule has 0 spiro atoms. The second-order valence-corrected chi connectivity index (χ2v) is 6.60. The first-order valence-electron chi connectivity index (χ1n) is 8.04. The average Bonchev–Trinajstić information content (AvgIpc) is 2.42. The number of carbonyl (C=O) groups excluding carboxylic acids is 1. The molecule has 1 aliphatic carbocycles. The second-order valence-electron chi connectivity index (χ2n) is 6.60. The number of nitrogens with one attached hydrogen (secondary N) is 1. The van der Waals surface area contributed by atoms with Gasteiger partial charge in [-0.05, 0) is 37.0 Å². The fraction of sp³-hybridized carbons (Fsp3) is 0.938. The van der Waals surface area contributed by atoms with E-state index in [0.29, 0.717) is 18.4 Å². The molecule has 19 heavy (non-hydrogen) atoms. The van der Waals surface area contributed by atoms with Crippen LogP contribution in [0.3, 0.4) is 0 Å². The van der Waals surface area contributed by atoms with Crippen molar-refractivity contribution in [3.8, 4) is 0 Å². The van der Waals surface area contributed by atoms with Gasteiger partial charge < -0.3 is 11.1 Å². The molecule has 1 saturated carbocycles. The van der Waals surface area contributed by atoms with E-state index >= 15 is 0 Å². The summed E-state index contributed by atoms with van der Waals surface area (Å²) in [4.78, 5) is 12.1. The van der Waals surface area contributed by atoms with E-state index in [1.807, 2.05) is 0 Å². The van der Waals surface area contributed by atoms with Crippen molar-refractivity contribution in [2.24, 2.45) is 29.4 Å². The maximum atomic E-state index is 12.1. The largest absolute Gasteiger partial charge is 0.356 e. The predicted molar refractivity (Wildman–Crippen MR) is 80.7 cm³/mol. The summed E-state index contributed by atoms with van der Waals surface area (Å²) in [6.45, 7) is 7.88. The third kappa shape index (κ3) is 5.94. The molecular weight excluding hydrogens is 236 g/mol. The number of rotatable bonds is 7. The predicted octanol–water partition coefficient (Wildman–Crippen LogP) is 2.94. The molecule has 1 atom stereocenters. The lowest BCUT2D eigenvalue weighted by Crippen LogP contribution is -2.38. The van der Waals surface area contributed by atoms with Crippen LogP contribution in [-0.2, 0) is 4.79 Å². The minimum absolute atomic E-state index is 0.00743. The van der Waals surface area contributed by atoms with Crippen LogP contribution in [0.25, 0.3) is 0 Å². The first kappa shape index (κ1) is 16.5. The van der Waals surface area contributed by atoms with Crippen LogP contribution >= 0.6 is 0 Å². The van der Waals surface area contributed by atoms with E-state index in [1.165, 1.54) is 32.1 Å². The Bertz CT molecular complexity index is 257.